The van der Waals surface area contributed by atoms with Gasteiger partial charge in [0.1, 0.15) is 78.8 Å². The van der Waals surface area contributed by atoms with Crippen molar-refractivity contribution < 1.29 is 111 Å². The number of non-ortho nitro benzene ring substituents is 1. The molecule has 0 amide bonds. The van der Waals surface area contributed by atoms with E-state index in [-0.39, 0.29) is 140 Å². The number of nitrogens with two attached hydrogens (primary N) is 2. The van der Waals surface area contributed by atoms with Crippen LogP contribution in [0.15, 0.2) is 61.2 Å². The summed E-state index contributed by atoms with van der Waals surface area (Å²) in [4.78, 5) is 66.4. The van der Waals surface area contributed by atoms with Crippen molar-refractivity contribution >= 4 is 154 Å². The molecule has 0 bridgehead atoms. The molecule has 7 heterocycles. The Hall–Kier alpha value is -3.92. The SMILES string of the molecule is CC(C)(C)C(=O)SCCOP(=O)(OCCSC(=O)C(C)(C)C)OC[C@@]1(C#N)O[C@@H](c2ccc3c(N)ncnn23)[C@H](F)[C@@H]1O.CC(C)(C)C(=O)SCCOP(=O)(OCCSC(=O)C(C)(C)C)Oc1ccc([N+](=O)[O-])cc1.CN(P)C1CCCO1.C[C-](C)C.N#C[C@]1(CO)O[C@@H](c2ccc3c(N)ncnn23)[C@H](F)[C@@H]1O.[2H]P[2H].[Cl-].[Mg+2]. The van der Waals surface area contributed by atoms with Crippen molar-refractivity contribution in [2.24, 2.45) is 21.7 Å². The molecule has 10 atom stereocenters. The number of carbonyl (C=O) groups is 4. The second-order valence-electron chi connectivity index (χ2n) is 28.9. The number of hydrogen-bond acceptors (Lipinski definition) is 33. The van der Waals surface area contributed by atoms with E-state index in [9.17, 15) is 63.4 Å². The molecule has 0 spiro atoms. The minimum Gasteiger partial charge on any atom is -1.00 e. The summed E-state index contributed by atoms with van der Waals surface area (Å²) in [7, 11) is -4.35. The number of nitro benzene ring substituents is 1. The Balaban J connectivity index is 0.000000797. The fourth-order valence-electron chi connectivity index (χ4n) is 8.91. The van der Waals surface area contributed by atoms with E-state index >= 15 is 4.39 Å². The van der Waals surface area contributed by atoms with E-state index < -0.39 is 113 Å². The first kappa shape index (κ1) is 101. The summed E-state index contributed by atoms with van der Waals surface area (Å²) in [5, 5.41) is 67.5. The zero-order valence-electron chi connectivity index (χ0n) is 66.9. The van der Waals surface area contributed by atoms with Gasteiger partial charge in [0.05, 0.1) is 51.9 Å². The molecule has 3 saturated heterocycles. The maximum absolute atomic E-state index is 15.4. The van der Waals surface area contributed by atoms with Crippen LogP contribution < -0.4 is 28.4 Å². The molecule has 1 aromatic carbocycles. The number of fused-ring (bicyclic) bond motifs is 2. The number of ether oxygens (including phenoxy) is 3. The zero-order chi connectivity index (χ0) is 84.3. The maximum atomic E-state index is 15.4. The number of alkyl halides is 2. The normalized spacial score (nSPS) is 21.3. The molecule has 2 unspecified atom stereocenters. The molecule has 0 aliphatic carbocycles. The van der Waals surface area contributed by atoms with Gasteiger partial charge in [-0.05, 0) is 56.3 Å². The molecule has 3 aliphatic rings. The van der Waals surface area contributed by atoms with Crippen LogP contribution in [0.4, 0.5) is 26.1 Å². The van der Waals surface area contributed by atoms with Crippen LogP contribution in [0, 0.1) is 60.4 Å². The molecule has 7 N–H and O–H groups in total. The molecule has 111 heavy (non-hydrogen) atoms. The monoisotopic (exact) mass is 1750 g/mol. The van der Waals surface area contributed by atoms with Crippen molar-refractivity contribution in [1.82, 2.24) is 33.9 Å². The van der Waals surface area contributed by atoms with Gasteiger partial charge >= 0.3 is 38.7 Å². The van der Waals surface area contributed by atoms with Gasteiger partial charge in [0, 0.05) is 63.4 Å². The molecular weight excluding hydrogens is 1640 g/mol. The second kappa shape index (κ2) is 46.9. The number of aliphatic hydroxyl groups excluding tert-OH is 3. The Morgan fingerprint density at radius 3 is 1.36 bits per heavy atom. The number of halogens is 3. The first-order valence-corrected chi connectivity index (χ1v) is 41.0. The number of carbonyl (C=O) groups excluding carboxylic acids is 4. The van der Waals surface area contributed by atoms with Crippen molar-refractivity contribution in [1.29, 1.82) is 13.1 Å². The Morgan fingerprint density at radius 2 is 1.06 bits per heavy atom. The van der Waals surface area contributed by atoms with Gasteiger partial charge in [-0.25, -0.2) is 36.9 Å². The molecule has 0 saturated carbocycles. The quantitative estimate of drug-likeness (QED) is 0.00867. The van der Waals surface area contributed by atoms with E-state index in [1.807, 2.05) is 11.7 Å². The minimum atomic E-state index is -4.46. The molecule has 3 fully saturated rings. The molecule has 0 radical (unpaired) electrons. The summed E-state index contributed by atoms with van der Waals surface area (Å²) < 4.78 is 122. The number of phosphoric acid groups is 2. The number of nitrogens with zero attached hydrogens (tertiary/aromatic N) is 10. The van der Waals surface area contributed by atoms with Gasteiger partial charge in [-0.3, -0.25) is 56.6 Å². The first-order valence-electron chi connectivity index (χ1n) is 34.7. The summed E-state index contributed by atoms with van der Waals surface area (Å²) in [6.45, 7) is 26.2. The Labute approximate surface area is 693 Å². The summed E-state index contributed by atoms with van der Waals surface area (Å²) in [5.41, 5.74) is 6.11. The van der Waals surface area contributed by atoms with E-state index in [4.69, 9.17) is 60.6 Å². The Morgan fingerprint density at radius 1 is 0.712 bits per heavy atom. The van der Waals surface area contributed by atoms with Crippen molar-refractivity contribution in [3.8, 4) is 17.9 Å². The number of anilines is 2. The number of nitro groups is 1. The predicted molar refractivity (Wildman–Crippen MR) is 428 cm³/mol. The van der Waals surface area contributed by atoms with Gasteiger partial charge < -0.3 is 63.8 Å². The van der Waals surface area contributed by atoms with Gasteiger partial charge in [-0.1, -0.05) is 140 Å². The number of benzene rings is 1. The number of phosphoric ester groups is 2. The molecule has 44 heteroatoms. The van der Waals surface area contributed by atoms with Crippen molar-refractivity contribution in [2.75, 3.05) is 87.8 Å². The predicted octanol–water partition coefficient (Wildman–Crippen LogP) is 8.32. The molecule has 8 rings (SSSR count). The van der Waals surface area contributed by atoms with Crippen LogP contribution in [-0.4, -0.2) is 218 Å². The number of rotatable bonds is 26. The van der Waals surface area contributed by atoms with E-state index in [1.54, 1.807) is 101 Å². The summed E-state index contributed by atoms with van der Waals surface area (Å²) in [6.07, 6.45) is -5.35. The van der Waals surface area contributed by atoms with E-state index in [0.717, 1.165) is 60.0 Å². The summed E-state index contributed by atoms with van der Waals surface area (Å²) in [5.74, 6) is 2.54. The van der Waals surface area contributed by atoms with Gasteiger partial charge in [0.15, 0.2) is 44.4 Å². The number of nitriles is 2. The van der Waals surface area contributed by atoms with Crippen LogP contribution in [0.5, 0.6) is 5.75 Å². The van der Waals surface area contributed by atoms with Crippen molar-refractivity contribution in [3.63, 3.8) is 0 Å². The van der Waals surface area contributed by atoms with Crippen molar-refractivity contribution in [3.05, 3.63) is 88.6 Å². The molecule has 3 aliphatic heterocycles. The number of aromatic nitrogens is 6. The van der Waals surface area contributed by atoms with E-state index in [0.29, 0.717) is 17.3 Å². The molecular formula is C67H103ClF2MgN12O20P4S4. The van der Waals surface area contributed by atoms with E-state index in [1.165, 1.54) is 76.6 Å². The molecule has 32 nitrogen and oxygen atoms in total. The number of hydrogen-bond donors (Lipinski definition) is 5. The number of nitrogen functional groups attached to an aromatic ring is 2. The fourth-order valence-corrected chi connectivity index (χ4v) is 15.2. The average Bonchev–Trinajstić information content (AvgIpc) is 1.61. The summed E-state index contributed by atoms with van der Waals surface area (Å²) >= 11 is 4.05. The first-order chi connectivity index (χ1) is 51.6. The van der Waals surface area contributed by atoms with Gasteiger partial charge in [0.2, 0.25) is 11.2 Å². The van der Waals surface area contributed by atoms with Crippen LogP contribution in [-0.2, 0) is 65.1 Å². The van der Waals surface area contributed by atoms with Gasteiger partial charge in [0.25, 0.3) is 5.69 Å². The minimum absolute atomic E-state index is 0. The van der Waals surface area contributed by atoms with E-state index in [2.05, 4.69) is 50.3 Å². The van der Waals surface area contributed by atoms with Crippen LogP contribution >= 0.6 is 81.9 Å². The fraction of sp³-hybridized carbons (Fsp3) is 0.627. The standard InChI is InChI=1S/C26H37FN5O8PS2.C20H30NO8PS2.C12H12FN5O3.C5H12NOP.C4H9.ClH.Mg.H3P/c1-24(2,3)22(34)42-11-9-37-41(36,38-10-12-43-23(35)25(4,5)6)39-14-26(13-28)20(33)18(27)19(40-26)16-7-8-17-21(29)30-15-31-32(16)17;1-19(2,3)17(22)31-13-11-27-30(26,28-12-14-32-18(23)20(4,5)6)29-16-9-7-15(8-10-16)21(24)25;13-8-9(21-12(3-14,4-19)10(8)20)6-1-2-7-11(15)16-5-17-18(6)7;1-6(8)5-3-2-4-7-5;1-4(2)3;;;/h7-8,15,18-20,33H,9-12,14H2,1-6H3,(H2,29,30,31);7-10H,11-14H2,1-6H3;1-2,5,8-10,19-20H,4H2,(H2,15,16,17);5H,2-4,8H2,1H3;1-3H3;1H;;1H3/q;;;;-1;;+2;/p-1/t18-,19-,20-,26+;;8-,9-,10-,12+;;;;;/m0.0...../s1/i;;;;;;;1D2. The Bertz CT molecular complexity index is 3950. The smallest absolute Gasteiger partial charge is 1.00 e. The second-order valence-corrected chi connectivity index (χ2v) is 37.3. The van der Waals surface area contributed by atoms with Gasteiger partial charge in [-0.15, -0.1) is 0 Å². The topological polar surface area (TPSA) is 453 Å². The third-order valence-corrected chi connectivity index (χ3v) is 23.0. The zero-order valence-corrected chi connectivity index (χ0v) is 74.2. The number of aliphatic hydroxyl groups is 3. The average molecular weight is 1750 g/mol. The van der Waals surface area contributed by atoms with Crippen LogP contribution in [0.25, 0.3) is 11.0 Å². The number of thioether (sulfide) groups is 4. The largest absolute Gasteiger partial charge is 2.00 e. The molecule has 618 valence electrons. The molecule has 5 aromatic rings. The van der Waals surface area contributed by atoms with Crippen LogP contribution in [0.2, 0.25) is 0 Å². The van der Waals surface area contributed by atoms with Crippen LogP contribution in [0.3, 0.4) is 0 Å². The molecule has 4 aromatic heterocycles. The van der Waals surface area contributed by atoms with Gasteiger partial charge in [-0.2, -0.15) is 51.3 Å². The third-order valence-electron chi connectivity index (χ3n) is 14.8. The third kappa shape index (κ3) is 31.8. The summed E-state index contributed by atoms with van der Waals surface area (Å²) in [6, 6.07) is 14.5. The van der Waals surface area contributed by atoms with Crippen molar-refractivity contribution in [2.45, 2.75) is 171 Å². The van der Waals surface area contributed by atoms with Crippen LogP contribution in [0.1, 0.15) is 140 Å². The maximum Gasteiger partial charge on any atom is 2.00 e. The Kier molecular flexibility index (Phi) is 42.8.